The molecule has 1 aliphatic heterocycles. The Hall–Kier alpha value is -1.02. The molecule has 0 aromatic carbocycles. The van der Waals surface area contributed by atoms with Crippen LogP contribution in [0.5, 0.6) is 0 Å². The molecule has 2 nitrogen and oxygen atoms in total. The number of nitrogens with two attached hydrogens (primary N) is 1. The lowest BCUT2D eigenvalue weighted by Crippen LogP contribution is -2.32. The van der Waals surface area contributed by atoms with E-state index in [4.69, 9.17) is 5.73 Å². The normalized spacial score (nSPS) is 20.3. The Morgan fingerprint density at radius 2 is 2.00 bits per heavy atom. The molecule has 1 fully saturated rings. The average molecular weight is 206 g/mol. The molecule has 0 spiro atoms. The molecule has 0 aromatic heterocycles. The molecule has 1 rings (SSSR count). The van der Waals surface area contributed by atoms with Crippen molar-refractivity contribution in [2.24, 2.45) is 5.73 Å². The second-order valence-corrected chi connectivity index (χ2v) is 4.01. The van der Waals surface area contributed by atoms with Crippen molar-refractivity contribution in [2.45, 2.75) is 26.2 Å². The first-order valence-electron chi connectivity index (χ1n) is 5.74. The lowest BCUT2D eigenvalue weighted by Gasteiger charge is -2.27. The van der Waals surface area contributed by atoms with Crippen LogP contribution in [0.1, 0.15) is 26.2 Å². The minimum atomic E-state index is 0.875. The van der Waals surface area contributed by atoms with E-state index in [1.807, 2.05) is 25.2 Å². The van der Waals surface area contributed by atoms with Gasteiger partial charge in [0.25, 0.3) is 0 Å². The molecule has 0 unspecified atom stereocenters. The fraction of sp³-hybridized carbons (Fsp3) is 0.538. The van der Waals surface area contributed by atoms with Gasteiger partial charge in [-0.1, -0.05) is 31.2 Å². The minimum Gasteiger partial charge on any atom is -0.399 e. The van der Waals surface area contributed by atoms with Crippen LogP contribution in [0.25, 0.3) is 0 Å². The molecule has 84 valence electrons. The molecule has 0 aliphatic carbocycles. The van der Waals surface area contributed by atoms with Crippen molar-refractivity contribution in [3.63, 3.8) is 0 Å². The summed E-state index contributed by atoms with van der Waals surface area (Å²) in [6.45, 7) is 9.07. The van der Waals surface area contributed by atoms with Crippen molar-refractivity contribution in [2.75, 3.05) is 19.6 Å². The molecule has 0 atom stereocenters. The zero-order chi connectivity index (χ0) is 11.1. The van der Waals surface area contributed by atoms with Crippen molar-refractivity contribution in [3.8, 4) is 0 Å². The van der Waals surface area contributed by atoms with E-state index in [-0.39, 0.29) is 0 Å². The summed E-state index contributed by atoms with van der Waals surface area (Å²) < 4.78 is 0. The topological polar surface area (TPSA) is 29.3 Å². The van der Waals surface area contributed by atoms with Crippen LogP contribution in [-0.4, -0.2) is 24.5 Å². The smallest absolute Gasteiger partial charge is 0.0316 e. The monoisotopic (exact) mass is 206 g/mol. The van der Waals surface area contributed by atoms with E-state index in [0.717, 1.165) is 12.2 Å². The van der Waals surface area contributed by atoms with Crippen LogP contribution >= 0.6 is 0 Å². The highest BCUT2D eigenvalue weighted by molar-refractivity contribution is 5.31. The van der Waals surface area contributed by atoms with Gasteiger partial charge in [0.2, 0.25) is 0 Å². The van der Waals surface area contributed by atoms with E-state index in [1.54, 1.807) is 0 Å². The lowest BCUT2D eigenvalue weighted by molar-refractivity contribution is 0.247. The van der Waals surface area contributed by atoms with Crippen molar-refractivity contribution < 1.29 is 0 Å². The molecule has 0 saturated carbocycles. The molecule has 2 N–H and O–H groups in total. The molecular weight excluding hydrogens is 184 g/mol. The number of hydrogen-bond acceptors (Lipinski definition) is 2. The van der Waals surface area contributed by atoms with Crippen LogP contribution in [0.3, 0.4) is 0 Å². The molecule has 0 aromatic rings. The Morgan fingerprint density at radius 3 is 2.53 bits per heavy atom. The fourth-order valence-electron chi connectivity index (χ4n) is 1.93. The average Bonchev–Trinajstić information content (AvgIpc) is 2.29. The maximum Gasteiger partial charge on any atom is 0.0316 e. The summed E-state index contributed by atoms with van der Waals surface area (Å²) in [5, 5.41) is 0. The van der Waals surface area contributed by atoms with E-state index in [1.165, 1.54) is 37.9 Å². The highest BCUT2D eigenvalue weighted by atomic mass is 15.1. The Balaban J connectivity index is 2.57. The van der Waals surface area contributed by atoms with Gasteiger partial charge in [-0.05, 0) is 38.4 Å². The third-order valence-electron chi connectivity index (χ3n) is 2.84. The Labute approximate surface area is 93.1 Å². The first-order chi connectivity index (χ1) is 7.27. The van der Waals surface area contributed by atoms with Gasteiger partial charge in [-0.3, -0.25) is 4.90 Å². The van der Waals surface area contributed by atoms with Crippen LogP contribution < -0.4 is 5.73 Å². The summed E-state index contributed by atoms with van der Waals surface area (Å²) in [6.07, 6.45) is 9.79. The fourth-order valence-corrected chi connectivity index (χ4v) is 1.93. The maximum atomic E-state index is 5.94. The summed E-state index contributed by atoms with van der Waals surface area (Å²) in [5.41, 5.74) is 8.00. The predicted octanol–water partition coefficient (Wildman–Crippen LogP) is 2.45. The second-order valence-electron chi connectivity index (χ2n) is 4.01. The Bertz CT molecular complexity index is 258. The molecule has 0 bridgehead atoms. The zero-order valence-electron chi connectivity index (χ0n) is 9.71. The summed E-state index contributed by atoms with van der Waals surface area (Å²) in [7, 11) is 0. The third kappa shape index (κ3) is 3.92. The van der Waals surface area contributed by atoms with Crippen molar-refractivity contribution in [3.05, 3.63) is 36.1 Å². The first-order valence-corrected chi connectivity index (χ1v) is 5.74. The number of allylic oxidation sites excluding steroid dienone is 3. The van der Waals surface area contributed by atoms with E-state index < -0.39 is 0 Å². The van der Waals surface area contributed by atoms with E-state index in [9.17, 15) is 0 Å². The Kier molecular flexibility index (Phi) is 5.19. The van der Waals surface area contributed by atoms with Crippen molar-refractivity contribution in [1.29, 1.82) is 0 Å². The molecule has 1 saturated heterocycles. The van der Waals surface area contributed by atoms with E-state index in [2.05, 4.69) is 11.5 Å². The van der Waals surface area contributed by atoms with Crippen LogP contribution in [0.2, 0.25) is 0 Å². The number of piperidine rings is 1. The van der Waals surface area contributed by atoms with Gasteiger partial charge in [-0.15, -0.1) is 0 Å². The van der Waals surface area contributed by atoms with Crippen LogP contribution in [0.4, 0.5) is 0 Å². The zero-order valence-corrected chi connectivity index (χ0v) is 9.71. The molecule has 2 heteroatoms. The van der Waals surface area contributed by atoms with Gasteiger partial charge in [0.05, 0.1) is 0 Å². The van der Waals surface area contributed by atoms with Gasteiger partial charge >= 0.3 is 0 Å². The molecule has 1 aliphatic rings. The number of rotatable bonds is 4. The minimum absolute atomic E-state index is 0.875. The summed E-state index contributed by atoms with van der Waals surface area (Å²) in [5.74, 6) is 0. The van der Waals surface area contributed by atoms with Gasteiger partial charge in [0.15, 0.2) is 0 Å². The molecular formula is C13H22N2. The highest BCUT2D eigenvalue weighted by Gasteiger charge is 2.12. The van der Waals surface area contributed by atoms with Crippen LogP contribution in [0.15, 0.2) is 36.1 Å². The molecule has 1 heterocycles. The van der Waals surface area contributed by atoms with Gasteiger partial charge in [-0.25, -0.2) is 0 Å². The summed E-state index contributed by atoms with van der Waals surface area (Å²) in [6, 6.07) is 0. The number of likely N-dealkylation sites (tertiary alicyclic amines) is 1. The van der Waals surface area contributed by atoms with Gasteiger partial charge in [0.1, 0.15) is 0 Å². The standard InChI is InChI=1S/C13H22N2/c1-3-8-12(13(14)4-2)11-15-9-6-5-7-10-15/h3-4,8H,1,5-7,9-11,14H2,2H3/b12-8-,13-4+. The van der Waals surface area contributed by atoms with Gasteiger partial charge < -0.3 is 5.73 Å². The second kappa shape index (κ2) is 6.46. The van der Waals surface area contributed by atoms with Crippen molar-refractivity contribution in [1.82, 2.24) is 4.90 Å². The molecule has 0 amide bonds. The van der Waals surface area contributed by atoms with E-state index in [0.29, 0.717) is 0 Å². The predicted molar refractivity (Wildman–Crippen MR) is 66.5 cm³/mol. The van der Waals surface area contributed by atoms with Gasteiger partial charge in [-0.2, -0.15) is 0 Å². The van der Waals surface area contributed by atoms with Gasteiger partial charge in [0, 0.05) is 12.2 Å². The van der Waals surface area contributed by atoms with Crippen LogP contribution in [0, 0.1) is 0 Å². The van der Waals surface area contributed by atoms with E-state index >= 15 is 0 Å². The molecule has 0 radical (unpaired) electrons. The van der Waals surface area contributed by atoms with Crippen LogP contribution in [-0.2, 0) is 0 Å². The SMILES string of the molecule is C=C/C=C(CN1CCCCC1)\C(N)=C/C. The quantitative estimate of drug-likeness (QED) is 0.716. The molecule has 15 heavy (non-hydrogen) atoms. The highest BCUT2D eigenvalue weighted by Crippen LogP contribution is 2.13. The van der Waals surface area contributed by atoms with Crippen molar-refractivity contribution >= 4 is 0 Å². The Morgan fingerprint density at radius 1 is 1.33 bits per heavy atom. The lowest BCUT2D eigenvalue weighted by atomic mass is 10.1. The maximum absolute atomic E-state index is 5.94. The summed E-state index contributed by atoms with van der Waals surface area (Å²) in [4.78, 5) is 2.47. The summed E-state index contributed by atoms with van der Waals surface area (Å²) >= 11 is 0. The first kappa shape index (κ1) is 12.1. The third-order valence-corrected chi connectivity index (χ3v) is 2.84. The number of nitrogens with zero attached hydrogens (tertiary/aromatic N) is 1. The largest absolute Gasteiger partial charge is 0.399 e. The number of hydrogen-bond donors (Lipinski definition) is 1.